The Balaban J connectivity index is 2.43. The van der Waals surface area contributed by atoms with E-state index in [0.29, 0.717) is 10.7 Å². The van der Waals surface area contributed by atoms with E-state index in [0.717, 1.165) is 10.4 Å². The van der Waals surface area contributed by atoms with Crippen molar-refractivity contribution >= 4 is 29.0 Å². The number of halogens is 1. The van der Waals surface area contributed by atoms with Crippen molar-refractivity contribution in [1.82, 2.24) is 14.5 Å². The molecule has 0 aliphatic carbocycles. The fourth-order valence-electron chi connectivity index (χ4n) is 1.33. The second kappa shape index (κ2) is 4.81. The third kappa shape index (κ3) is 2.45. The van der Waals surface area contributed by atoms with Gasteiger partial charge in [0.15, 0.2) is 5.69 Å². The summed E-state index contributed by atoms with van der Waals surface area (Å²) >= 11 is 7.03. The maximum Gasteiger partial charge on any atom is 0.275 e. The maximum absolute atomic E-state index is 11.9. The van der Waals surface area contributed by atoms with E-state index in [9.17, 15) is 4.79 Å². The van der Waals surface area contributed by atoms with Crippen LogP contribution in [0.4, 0.5) is 0 Å². The molecule has 0 N–H and O–H groups in total. The molecule has 0 spiro atoms. The molecule has 1 aromatic carbocycles. The van der Waals surface area contributed by atoms with Gasteiger partial charge in [-0.3, -0.25) is 4.79 Å². The molecule has 1 amide bonds. The van der Waals surface area contributed by atoms with Crippen LogP contribution in [0.25, 0.3) is 10.4 Å². The third-order valence-corrected chi connectivity index (χ3v) is 3.23. The van der Waals surface area contributed by atoms with E-state index < -0.39 is 0 Å². The van der Waals surface area contributed by atoms with Gasteiger partial charge in [-0.1, -0.05) is 28.2 Å². The molecule has 0 aliphatic rings. The summed E-state index contributed by atoms with van der Waals surface area (Å²) in [5.74, 6) is -0.149. The number of hydrogen-bond donors (Lipinski definition) is 0. The Morgan fingerprint density at radius 1 is 1.29 bits per heavy atom. The van der Waals surface area contributed by atoms with Gasteiger partial charge in [0.05, 0.1) is 4.88 Å². The molecule has 6 heteroatoms. The number of amides is 1. The van der Waals surface area contributed by atoms with E-state index >= 15 is 0 Å². The summed E-state index contributed by atoms with van der Waals surface area (Å²) in [5.41, 5.74) is 1.27. The standard InChI is InChI=1S/C11H10ClN3OS/c1-15(2)11(16)9-10(17-14-13-9)7-3-5-8(12)6-4-7/h3-6H,1-2H3. The van der Waals surface area contributed by atoms with Crippen molar-refractivity contribution in [3.63, 3.8) is 0 Å². The van der Waals surface area contributed by atoms with Crippen molar-refractivity contribution in [2.45, 2.75) is 0 Å². The third-order valence-electron chi connectivity index (χ3n) is 2.20. The summed E-state index contributed by atoms with van der Waals surface area (Å²) in [6.45, 7) is 0. The van der Waals surface area contributed by atoms with Crippen LogP contribution < -0.4 is 0 Å². The van der Waals surface area contributed by atoms with Crippen molar-refractivity contribution < 1.29 is 4.79 Å². The van der Waals surface area contributed by atoms with E-state index in [-0.39, 0.29) is 5.91 Å². The molecule has 0 bridgehead atoms. The summed E-state index contributed by atoms with van der Waals surface area (Å²) in [4.78, 5) is 14.1. The molecule has 17 heavy (non-hydrogen) atoms. The lowest BCUT2D eigenvalue weighted by atomic mass is 10.1. The van der Waals surface area contributed by atoms with Gasteiger partial charge < -0.3 is 4.90 Å². The normalized spacial score (nSPS) is 10.3. The first-order valence-corrected chi connectivity index (χ1v) is 6.04. The Kier molecular flexibility index (Phi) is 3.40. The van der Waals surface area contributed by atoms with E-state index in [1.54, 1.807) is 26.2 Å². The molecule has 1 aromatic heterocycles. The summed E-state index contributed by atoms with van der Waals surface area (Å²) in [6.07, 6.45) is 0. The monoisotopic (exact) mass is 267 g/mol. The van der Waals surface area contributed by atoms with E-state index in [2.05, 4.69) is 9.59 Å². The molecule has 88 valence electrons. The van der Waals surface area contributed by atoms with Crippen LogP contribution in [0.15, 0.2) is 24.3 Å². The largest absolute Gasteiger partial charge is 0.343 e. The maximum atomic E-state index is 11.9. The van der Waals surface area contributed by atoms with Crippen LogP contribution in [0.5, 0.6) is 0 Å². The Morgan fingerprint density at radius 3 is 2.53 bits per heavy atom. The first-order valence-electron chi connectivity index (χ1n) is 4.89. The fourth-order valence-corrected chi connectivity index (χ4v) is 2.12. The second-order valence-corrected chi connectivity index (χ2v) is 4.85. The molecule has 0 aliphatic heterocycles. The zero-order chi connectivity index (χ0) is 12.4. The van der Waals surface area contributed by atoms with Gasteiger partial charge in [0.1, 0.15) is 0 Å². The number of nitrogens with zero attached hydrogens (tertiary/aromatic N) is 3. The SMILES string of the molecule is CN(C)C(=O)c1nnsc1-c1ccc(Cl)cc1. The lowest BCUT2D eigenvalue weighted by Crippen LogP contribution is -2.22. The predicted octanol–water partition coefficient (Wildman–Crippen LogP) is 2.56. The molecule has 0 radical (unpaired) electrons. The average Bonchev–Trinajstić information content (AvgIpc) is 2.77. The van der Waals surface area contributed by atoms with Crippen LogP contribution in [-0.4, -0.2) is 34.5 Å². The van der Waals surface area contributed by atoms with Crippen molar-refractivity contribution in [2.75, 3.05) is 14.1 Å². The van der Waals surface area contributed by atoms with Gasteiger partial charge in [-0.25, -0.2) is 0 Å². The van der Waals surface area contributed by atoms with Crippen molar-refractivity contribution in [3.05, 3.63) is 35.0 Å². The smallest absolute Gasteiger partial charge is 0.275 e. The highest BCUT2D eigenvalue weighted by atomic mass is 35.5. The lowest BCUT2D eigenvalue weighted by Gasteiger charge is -2.08. The molecule has 2 aromatic rings. The molecular formula is C11H10ClN3OS. The van der Waals surface area contributed by atoms with Crippen LogP contribution in [0.3, 0.4) is 0 Å². The van der Waals surface area contributed by atoms with Crippen LogP contribution >= 0.6 is 23.1 Å². The van der Waals surface area contributed by atoms with Gasteiger partial charge >= 0.3 is 0 Å². The van der Waals surface area contributed by atoms with E-state index in [1.165, 1.54) is 16.4 Å². The number of aromatic nitrogens is 2. The molecule has 0 atom stereocenters. The van der Waals surface area contributed by atoms with Crippen molar-refractivity contribution in [2.24, 2.45) is 0 Å². The van der Waals surface area contributed by atoms with E-state index in [1.807, 2.05) is 12.1 Å². The van der Waals surface area contributed by atoms with Crippen LogP contribution in [0.2, 0.25) is 5.02 Å². The first-order chi connectivity index (χ1) is 8.09. The number of carbonyl (C=O) groups is 1. The molecule has 2 rings (SSSR count). The molecule has 4 nitrogen and oxygen atoms in total. The van der Waals surface area contributed by atoms with Crippen molar-refractivity contribution in [3.8, 4) is 10.4 Å². The average molecular weight is 268 g/mol. The predicted molar refractivity (Wildman–Crippen MR) is 68.4 cm³/mol. The highest BCUT2D eigenvalue weighted by molar-refractivity contribution is 7.09. The summed E-state index contributed by atoms with van der Waals surface area (Å²) in [5, 5.41) is 4.54. The summed E-state index contributed by atoms with van der Waals surface area (Å²) in [6, 6.07) is 7.26. The van der Waals surface area contributed by atoms with E-state index in [4.69, 9.17) is 11.6 Å². The van der Waals surface area contributed by atoms with Gasteiger partial charge in [0.2, 0.25) is 0 Å². The lowest BCUT2D eigenvalue weighted by molar-refractivity contribution is 0.0822. The molecule has 0 saturated carbocycles. The minimum Gasteiger partial charge on any atom is -0.343 e. The number of carbonyl (C=O) groups excluding carboxylic acids is 1. The van der Waals surface area contributed by atoms with Gasteiger partial charge in [0, 0.05) is 19.1 Å². The van der Waals surface area contributed by atoms with Gasteiger partial charge in [-0.05, 0) is 29.2 Å². The topological polar surface area (TPSA) is 46.1 Å². The van der Waals surface area contributed by atoms with Gasteiger partial charge in [-0.15, -0.1) is 5.10 Å². The van der Waals surface area contributed by atoms with Crippen LogP contribution in [0, 0.1) is 0 Å². The minimum atomic E-state index is -0.149. The van der Waals surface area contributed by atoms with Crippen molar-refractivity contribution in [1.29, 1.82) is 0 Å². The zero-order valence-electron chi connectivity index (χ0n) is 9.35. The Labute approximate surface area is 108 Å². The molecule has 0 saturated heterocycles. The second-order valence-electron chi connectivity index (χ2n) is 3.66. The van der Waals surface area contributed by atoms with Crippen LogP contribution in [0.1, 0.15) is 10.5 Å². The van der Waals surface area contributed by atoms with Gasteiger partial charge in [0.25, 0.3) is 5.91 Å². The Bertz CT molecular complexity index is 536. The summed E-state index contributed by atoms with van der Waals surface area (Å²) < 4.78 is 3.84. The highest BCUT2D eigenvalue weighted by Crippen LogP contribution is 2.27. The van der Waals surface area contributed by atoms with Gasteiger partial charge in [-0.2, -0.15) is 0 Å². The zero-order valence-corrected chi connectivity index (χ0v) is 10.9. The minimum absolute atomic E-state index is 0.149. The Hall–Kier alpha value is -1.46. The summed E-state index contributed by atoms with van der Waals surface area (Å²) in [7, 11) is 3.38. The Morgan fingerprint density at radius 2 is 1.94 bits per heavy atom. The highest BCUT2D eigenvalue weighted by Gasteiger charge is 2.19. The number of benzene rings is 1. The quantitative estimate of drug-likeness (QED) is 0.840. The molecule has 1 heterocycles. The number of rotatable bonds is 2. The molecule has 0 unspecified atom stereocenters. The molecule has 0 fully saturated rings. The van der Waals surface area contributed by atoms with Crippen LogP contribution in [-0.2, 0) is 0 Å². The fraction of sp³-hybridized carbons (Fsp3) is 0.182. The molecular weight excluding hydrogens is 258 g/mol. The first kappa shape index (κ1) is 12.0. The number of hydrogen-bond acceptors (Lipinski definition) is 4.